The molecule has 0 radical (unpaired) electrons. The van der Waals surface area contributed by atoms with Crippen LogP contribution in [0.15, 0.2) is 24.3 Å². The van der Waals surface area contributed by atoms with Crippen LogP contribution in [0.1, 0.15) is 31.1 Å². The standard InChI is InChI=1S/C12H14N4O2S/c1-12(2,3)18-10(17)8-4-6-9(7-5-8)16-11(19)13-14-15-16/h4-7H,1-3H3,(H,13,15,19). The summed E-state index contributed by atoms with van der Waals surface area (Å²) in [5.74, 6) is -0.356. The van der Waals surface area contributed by atoms with Crippen molar-refractivity contribution in [1.29, 1.82) is 0 Å². The van der Waals surface area contributed by atoms with Gasteiger partial charge in [0.2, 0.25) is 4.77 Å². The number of esters is 1. The number of hydrogen-bond acceptors (Lipinski definition) is 5. The van der Waals surface area contributed by atoms with Crippen LogP contribution < -0.4 is 0 Å². The summed E-state index contributed by atoms with van der Waals surface area (Å²) in [5, 5.41) is 9.92. The highest BCUT2D eigenvalue weighted by Crippen LogP contribution is 2.14. The van der Waals surface area contributed by atoms with E-state index < -0.39 is 5.60 Å². The molecule has 0 amide bonds. The van der Waals surface area contributed by atoms with Crippen LogP contribution in [0.4, 0.5) is 0 Å². The molecular formula is C12H14N4O2S. The van der Waals surface area contributed by atoms with E-state index in [1.165, 1.54) is 4.68 Å². The number of carbonyl (C=O) groups excluding carboxylic acids is 1. The summed E-state index contributed by atoms with van der Waals surface area (Å²) >= 11 is 4.99. The van der Waals surface area contributed by atoms with Gasteiger partial charge in [0.15, 0.2) is 0 Å². The van der Waals surface area contributed by atoms with Crippen molar-refractivity contribution >= 4 is 18.2 Å². The number of nitrogens with zero attached hydrogens (tertiary/aromatic N) is 3. The average molecular weight is 278 g/mol. The largest absolute Gasteiger partial charge is 0.456 e. The first kappa shape index (κ1) is 13.4. The summed E-state index contributed by atoms with van der Waals surface area (Å²) in [6, 6.07) is 6.84. The summed E-state index contributed by atoms with van der Waals surface area (Å²) in [5.41, 5.74) is 0.728. The molecule has 0 saturated carbocycles. The fraction of sp³-hybridized carbons (Fsp3) is 0.333. The van der Waals surface area contributed by atoms with E-state index in [1.54, 1.807) is 24.3 Å². The number of carbonyl (C=O) groups is 1. The monoisotopic (exact) mass is 278 g/mol. The number of H-pyrrole nitrogens is 1. The van der Waals surface area contributed by atoms with Crippen LogP contribution in [0, 0.1) is 4.77 Å². The summed E-state index contributed by atoms with van der Waals surface area (Å²) in [6.07, 6.45) is 0. The van der Waals surface area contributed by atoms with E-state index in [9.17, 15) is 4.79 Å². The van der Waals surface area contributed by atoms with Crippen LogP contribution in [-0.2, 0) is 4.74 Å². The Balaban J connectivity index is 2.22. The Hall–Kier alpha value is -2.02. The molecule has 0 aliphatic rings. The number of aromatic nitrogens is 4. The van der Waals surface area contributed by atoms with Gasteiger partial charge in [0, 0.05) is 0 Å². The Labute approximate surface area is 115 Å². The highest BCUT2D eigenvalue weighted by molar-refractivity contribution is 7.71. The van der Waals surface area contributed by atoms with Crippen LogP contribution in [0.3, 0.4) is 0 Å². The number of benzene rings is 1. The Morgan fingerprint density at radius 2 is 1.95 bits per heavy atom. The van der Waals surface area contributed by atoms with Crippen LogP contribution >= 0.6 is 12.2 Å². The number of rotatable bonds is 2. The minimum atomic E-state index is -0.508. The van der Waals surface area contributed by atoms with Crippen molar-refractivity contribution < 1.29 is 9.53 Å². The topological polar surface area (TPSA) is 72.8 Å². The van der Waals surface area contributed by atoms with Crippen LogP contribution in [-0.4, -0.2) is 31.8 Å². The molecule has 6 nitrogen and oxygen atoms in total. The van der Waals surface area contributed by atoms with Gasteiger partial charge in [0.05, 0.1) is 11.3 Å². The first-order valence-electron chi connectivity index (χ1n) is 5.71. The highest BCUT2D eigenvalue weighted by Gasteiger charge is 2.17. The van der Waals surface area contributed by atoms with Crippen molar-refractivity contribution in [3.05, 3.63) is 34.6 Å². The maximum absolute atomic E-state index is 11.8. The molecule has 1 heterocycles. The van der Waals surface area contributed by atoms with Crippen molar-refractivity contribution in [3.8, 4) is 5.69 Å². The van der Waals surface area contributed by atoms with E-state index in [0.29, 0.717) is 10.3 Å². The zero-order valence-corrected chi connectivity index (χ0v) is 11.7. The molecule has 7 heteroatoms. The Bertz CT molecular complexity index is 637. The highest BCUT2D eigenvalue weighted by atomic mass is 32.1. The number of hydrogen-bond donors (Lipinski definition) is 1. The van der Waals surface area contributed by atoms with Crippen LogP contribution in [0.2, 0.25) is 0 Å². The molecule has 0 fully saturated rings. The Morgan fingerprint density at radius 3 is 2.42 bits per heavy atom. The van der Waals surface area contributed by atoms with E-state index in [0.717, 1.165) is 5.69 Å². The quantitative estimate of drug-likeness (QED) is 0.674. The molecule has 0 aliphatic carbocycles. The molecule has 0 saturated heterocycles. The summed E-state index contributed by atoms with van der Waals surface area (Å²) < 4.78 is 7.14. The van der Waals surface area contributed by atoms with Gasteiger partial charge in [-0.2, -0.15) is 5.21 Å². The molecule has 0 spiro atoms. The van der Waals surface area contributed by atoms with Gasteiger partial charge in [0.1, 0.15) is 5.60 Å². The second-order valence-corrected chi connectivity index (χ2v) is 5.33. The minimum absolute atomic E-state index is 0.324. The fourth-order valence-electron chi connectivity index (χ4n) is 1.45. The van der Waals surface area contributed by atoms with Crippen molar-refractivity contribution in [3.63, 3.8) is 0 Å². The predicted octanol–water partition coefficient (Wildman–Crippen LogP) is 2.28. The molecule has 0 unspecified atom stereocenters. The third-order valence-electron chi connectivity index (χ3n) is 2.23. The van der Waals surface area contributed by atoms with Gasteiger partial charge in [-0.1, -0.05) is 10.3 Å². The molecule has 0 aliphatic heterocycles. The molecule has 1 aromatic carbocycles. The van der Waals surface area contributed by atoms with Gasteiger partial charge in [-0.25, -0.2) is 9.48 Å². The number of nitrogens with one attached hydrogen (secondary N) is 1. The van der Waals surface area contributed by atoms with Crippen molar-refractivity contribution in [1.82, 2.24) is 20.2 Å². The molecule has 19 heavy (non-hydrogen) atoms. The lowest BCUT2D eigenvalue weighted by atomic mass is 10.1. The molecule has 1 aromatic heterocycles. The Kier molecular flexibility index (Phi) is 3.48. The number of tetrazole rings is 1. The SMILES string of the molecule is CC(C)(C)OC(=O)c1ccc(-n2[nH]nnc2=S)cc1. The van der Waals surface area contributed by atoms with Crippen molar-refractivity contribution in [2.75, 3.05) is 0 Å². The maximum atomic E-state index is 11.8. The summed E-state index contributed by atoms with van der Waals surface area (Å²) in [6.45, 7) is 5.48. The van der Waals surface area contributed by atoms with E-state index in [2.05, 4.69) is 15.5 Å². The third-order valence-corrected chi connectivity index (χ3v) is 2.50. The van der Waals surface area contributed by atoms with Gasteiger partial charge in [0.25, 0.3) is 0 Å². The lowest BCUT2D eigenvalue weighted by molar-refractivity contribution is 0.00696. The van der Waals surface area contributed by atoms with Gasteiger partial charge < -0.3 is 4.74 Å². The van der Waals surface area contributed by atoms with Crippen molar-refractivity contribution in [2.24, 2.45) is 0 Å². The molecule has 2 aromatic rings. The van der Waals surface area contributed by atoms with Crippen molar-refractivity contribution in [2.45, 2.75) is 26.4 Å². The molecular weight excluding hydrogens is 264 g/mol. The van der Waals surface area contributed by atoms with Crippen LogP contribution in [0.25, 0.3) is 5.69 Å². The lowest BCUT2D eigenvalue weighted by Crippen LogP contribution is -2.23. The lowest BCUT2D eigenvalue weighted by Gasteiger charge is -2.19. The smallest absolute Gasteiger partial charge is 0.338 e. The van der Waals surface area contributed by atoms with Crippen LogP contribution in [0.5, 0.6) is 0 Å². The predicted molar refractivity (Wildman–Crippen MR) is 71.7 cm³/mol. The molecule has 1 N–H and O–H groups in total. The molecule has 2 rings (SSSR count). The van der Waals surface area contributed by atoms with E-state index in [1.807, 2.05) is 20.8 Å². The average Bonchev–Trinajstić information content (AvgIpc) is 2.73. The van der Waals surface area contributed by atoms with Gasteiger partial charge in [-0.05, 0) is 57.3 Å². The van der Waals surface area contributed by atoms with Gasteiger partial charge in [-0.15, -0.1) is 0 Å². The van der Waals surface area contributed by atoms with Gasteiger partial charge >= 0.3 is 5.97 Å². The number of aromatic amines is 1. The molecule has 0 bridgehead atoms. The first-order valence-corrected chi connectivity index (χ1v) is 6.11. The third kappa shape index (κ3) is 3.25. The fourth-order valence-corrected chi connectivity index (χ4v) is 1.64. The molecule has 0 atom stereocenters. The van der Waals surface area contributed by atoms with E-state index in [-0.39, 0.29) is 5.97 Å². The van der Waals surface area contributed by atoms with E-state index in [4.69, 9.17) is 17.0 Å². The minimum Gasteiger partial charge on any atom is -0.456 e. The Morgan fingerprint density at radius 1 is 1.32 bits per heavy atom. The van der Waals surface area contributed by atoms with E-state index >= 15 is 0 Å². The second kappa shape index (κ2) is 4.93. The first-order chi connectivity index (χ1) is 8.87. The zero-order chi connectivity index (χ0) is 14.0. The summed E-state index contributed by atoms with van der Waals surface area (Å²) in [4.78, 5) is 11.8. The summed E-state index contributed by atoms with van der Waals surface area (Å²) in [7, 11) is 0. The number of ether oxygens (including phenoxy) is 1. The molecule has 100 valence electrons. The maximum Gasteiger partial charge on any atom is 0.338 e. The second-order valence-electron chi connectivity index (χ2n) is 4.97. The van der Waals surface area contributed by atoms with Gasteiger partial charge in [-0.3, -0.25) is 0 Å². The normalized spacial score (nSPS) is 11.3. The zero-order valence-electron chi connectivity index (χ0n) is 10.9.